The van der Waals surface area contributed by atoms with Crippen LogP contribution < -0.4 is 25.6 Å². The first-order valence-corrected chi connectivity index (χ1v) is 18.7. The third-order valence-corrected chi connectivity index (χ3v) is 12.4. The predicted molar refractivity (Wildman–Crippen MR) is 196 cm³/mol. The highest BCUT2D eigenvalue weighted by Crippen LogP contribution is 2.46. The lowest BCUT2D eigenvalue weighted by atomic mass is 9.95. The monoisotopic (exact) mass is 748 g/mol. The summed E-state index contributed by atoms with van der Waals surface area (Å²) in [5.74, 6) is -0.895. The van der Waals surface area contributed by atoms with Crippen LogP contribution in [-0.4, -0.2) is 88.8 Å². The second kappa shape index (κ2) is 12.6. The molecule has 1 unspecified atom stereocenters. The third kappa shape index (κ3) is 5.50. The van der Waals surface area contributed by atoms with Gasteiger partial charge in [-0.15, -0.1) is 11.3 Å². The Balaban J connectivity index is 1.19. The number of thiophene rings is 1. The Morgan fingerprint density at radius 2 is 2.08 bits per heavy atom. The van der Waals surface area contributed by atoms with Gasteiger partial charge in [-0.1, -0.05) is 17.7 Å². The Kier molecular flexibility index (Phi) is 8.14. The van der Waals surface area contributed by atoms with Crippen LogP contribution in [0.3, 0.4) is 0 Å². The Labute approximate surface area is 306 Å². The summed E-state index contributed by atoms with van der Waals surface area (Å²) in [5, 5.41) is 18.7. The molecule has 5 aromatic rings. The van der Waals surface area contributed by atoms with Gasteiger partial charge in [-0.3, -0.25) is 9.58 Å². The average molecular weight is 749 g/mol. The van der Waals surface area contributed by atoms with E-state index in [9.17, 15) is 9.65 Å². The molecule has 16 heteroatoms. The van der Waals surface area contributed by atoms with Gasteiger partial charge in [0.1, 0.15) is 41.0 Å². The maximum absolute atomic E-state index is 17.2. The zero-order valence-electron chi connectivity index (χ0n) is 28.4. The lowest BCUT2D eigenvalue weighted by Gasteiger charge is -2.31. The van der Waals surface area contributed by atoms with Gasteiger partial charge in [-0.05, 0) is 43.5 Å². The van der Waals surface area contributed by atoms with Crippen LogP contribution in [0.15, 0.2) is 24.4 Å². The van der Waals surface area contributed by atoms with E-state index >= 15 is 8.78 Å². The van der Waals surface area contributed by atoms with Crippen LogP contribution in [-0.2, 0) is 13.1 Å². The van der Waals surface area contributed by atoms with E-state index in [1.54, 1.807) is 6.07 Å². The number of aryl methyl sites for hydroxylation is 1. The van der Waals surface area contributed by atoms with Crippen LogP contribution in [0.2, 0.25) is 5.02 Å². The first kappa shape index (κ1) is 33.5. The van der Waals surface area contributed by atoms with E-state index < -0.39 is 23.3 Å². The molecule has 11 nitrogen and oxygen atoms in total. The van der Waals surface area contributed by atoms with Gasteiger partial charge in [0, 0.05) is 68.6 Å². The smallest absolute Gasteiger partial charge is 0.319 e. The maximum Gasteiger partial charge on any atom is 0.319 e. The number of benzene rings is 2. The first-order chi connectivity index (χ1) is 25.1. The number of nitriles is 1. The van der Waals surface area contributed by atoms with E-state index in [1.165, 1.54) is 12.1 Å². The van der Waals surface area contributed by atoms with Crippen molar-refractivity contribution in [1.29, 1.82) is 5.26 Å². The molecule has 9 rings (SSSR count). The fourth-order valence-corrected chi connectivity index (χ4v) is 9.68. The molecule has 0 amide bonds. The number of alkyl halides is 1. The highest BCUT2D eigenvalue weighted by atomic mass is 35.5. The molecule has 4 aliphatic heterocycles. The standard InChI is InChI=1S/C36H36ClF3N10OS/c1-47(16-20-13-43-20)26-14-44-50-9-3-7-48(17-27(26)50)34-22-10-24(37)29(21-4-5-25(39)32-28(21)23(12-41)33(42)52-32)30(40)31(22)45-35(46-34)51-18-36-6-2-8-49(36)15-19(38)11-36/h4-5,10,14,19-20,43H,2-3,6-9,11,13,15-18,42H2,1H3/t19-,20?,36+/m1/s1. The molecular weight excluding hydrogens is 713 g/mol. The van der Waals surface area contributed by atoms with E-state index in [0.29, 0.717) is 49.8 Å². The number of nitrogen functional groups attached to an aromatic ring is 1. The van der Waals surface area contributed by atoms with Crippen molar-refractivity contribution in [3.63, 3.8) is 0 Å². The lowest BCUT2D eigenvalue weighted by Crippen LogP contribution is -2.43. The topological polar surface area (TPSA) is 134 Å². The number of fused-ring (bicyclic) bond motifs is 4. The van der Waals surface area contributed by atoms with Gasteiger partial charge in [-0.2, -0.15) is 20.3 Å². The molecule has 52 heavy (non-hydrogen) atoms. The highest BCUT2D eigenvalue weighted by molar-refractivity contribution is 7.23. The van der Waals surface area contributed by atoms with Gasteiger partial charge in [-0.25, -0.2) is 13.2 Å². The summed E-state index contributed by atoms with van der Waals surface area (Å²) in [7, 11) is 2.05. The van der Waals surface area contributed by atoms with Crippen molar-refractivity contribution in [2.24, 2.45) is 0 Å². The third-order valence-electron chi connectivity index (χ3n) is 11.0. The molecule has 0 bridgehead atoms. The van der Waals surface area contributed by atoms with E-state index in [1.807, 2.05) is 10.9 Å². The van der Waals surface area contributed by atoms with Crippen LogP contribution in [0.5, 0.6) is 6.01 Å². The summed E-state index contributed by atoms with van der Waals surface area (Å²) < 4.78 is 55.4. The summed E-state index contributed by atoms with van der Waals surface area (Å²) in [5.41, 5.74) is 7.86. The van der Waals surface area contributed by atoms with Crippen molar-refractivity contribution in [1.82, 2.24) is 30.0 Å². The van der Waals surface area contributed by atoms with Crippen molar-refractivity contribution in [2.75, 3.05) is 61.9 Å². The van der Waals surface area contributed by atoms with Crippen molar-refractivity contribution in [2.45, 2.75) is 56.5 Å². The number of aromatic nitrogens is 4. The Bertz CT molecular complexity index is 2290. The molecule has 0 saturated carbocycles. The molecule has 7 heterocycles. The number of halogens is 4. The predicted octanol–water partition coefficient (Wildman–Crippen LogP) is 5.87. The zero-order chi connectivity index (χ0) is 35.9. The number of nitrogens with two attached hydrogens (primary N) is 1. The summed E-state index contributed by atoms with van der Waals surface area (Å²) in [6, 6.07) is 6.71. The van der Waals surface area contributed by atoms with Crippen LogP contribution in [0, 0.1) is 23.0 Å². The summed E-state index contributed by atoms with van der Waals surface area (Å²) in [6.07, 6.45) is 3.78. The molecule has 3 atom stereocenters. The van der Waals surface area contributed by atoms with Crippen LogP contribution in [0.4, 0.5) is 29.7 Å². The van der Waals surface area contributed by atoms with Crippen molar-refractivity contribution < 1.29 is 17.9 Å². The Morgan fingerprint density at radius 3 is 2.88 bits per heavy atom. The molecule has 3 aromatic heterocycles. The van der Waals surface area contributed by atoms with E-state index in [-0.39, 0.29) is 54.9 Å². The Morgan fingerprint density at radius 1 is 1.23 bits per heavy atom. The average Bonchev–Trinajstić information content (AvgIpc) is 3.48. The number of hydrogen-bond donors (Lipinski definition) is 2. The number of hydrogen-bond acceptors (Lipinski definition) is 11. The maximum atomic E-state index is 17.2. The molecule has 270 valence electrons. The van der Waals surface area contributed by atoms with E-state index in [2.05, 4.69) is 38.1 Å². The molecule has 4 aliphatic rings. The summed E-state index contributed by atoms with van der Waals surface area (Å²) >= 11 is 7.88. The molecule has 0 spiro atoms. The molecule has 3 fully saturated rings. The minimum atomic E-state index is -0.943. The normalized spacial score (nSPS) is 22.8. The second-order valence-electron chi connectivity index (χ2n) is 14.3. The van der Waals surface area contributed by atoms with Gasteiger partial charge < -0.3 is 25.6 Å². The van der Waals surface area contributed by atoms with Crippen molar-refractivity contribution >= 4 is 60.4 Å². The van der Waals surface area contributed by atoms with E-state index in [0.717, 1.165) is 61.6 Å². The number of nitrogens with zero attached hydrogens (tertiary/aromatic N) is 8. The Hall–Kier alpha value is -4.36. The van der Waals surface area contributed by atoms with Crippen LogP contribution >= 0.6 is 22.9 Å². The number of likely N-dealkylation sites (N-methyl/N-ethyl adjacent to an activating group) is 1. The molecule has 2 aromatic carbocycles. The fraction of sp³-hybridized carbons (Fsp3) is 0.444. The molecule has 0 radical (unpaired) electrons. The van der Waals surface area contributed by atoms with Gasteiger partial charge in [0.25, 0.3) is 0 Å². The molecule has 3 saturated heterocycles. The first-order valence-electron chi connectivity index (χ1n) is 17.5. The molecule has 0 aliphatic carbocycles. The zero-order valence-corrected chi connectivity index (χ0v) is 30.0. The largest absolute Gasteiger partial charge is 0.461 e. The highest BCUT2D eigenvalue weighted by Gasteiger charge is 2.49. The van der Waals surface area contributed by atoms with E-state index in [4.69, 9.17) is 32.2 Å². The van der Waals surface area contributed by atoms with Crippen LogP contribution in [0.25, 0.3) is 32.1 Å². The van der Waals surface area contributed by atoms with Crippen molar-refractivity contribution in [3.05, 3.63) is 52.3 Å². The fourth-order valence-electron chi connectivity index (χ4n) is 8.44. The SMILES string of the molecule is CN(CC1CN1)c1cnn2c1CN(c1nc(OC[C@@]34CCCN3C[C@H](F)C4)nc3c(F)c(-c4ccc(F)c5sc(N)c(C#N)c45)c(Cl)cc13)CCC2. The van der Waals surface area contributed by atoms with Gasteiger partial charge in [0.15, 0.2) is 5.82 Å². The number of ether oxygens (including phenoxy) is 1. The quantitative estimate of drug-likeness (QED) is 0.186. The number of rotatable bonds is 8. The molecular formula is C36H36ClF3N10OS. The number of anilines is 3. The minimum Gasteiger partial charge on any atom is -0.461 e. The molecule has 3 N–H and O–H groups in total. The van der Waals surface area contributed by atoms with Gasteiger partial charge in [0.05, 0.1) is 44.9 Å². The summed E-state index contributed by atoms with van der Waals surface area (Å²) in [4.78, 5) is 16.0. The van der Waals surface area contributed by atoms with Gasteiger partial charge in [0.2, 0.25) is 0 Å². The summed E-state index contributed by atoms with van der Waals surface area (Å²) in [6.45, 7) is 4.86. The minimum absolute atomic E-state index is 0.0325. The van der Waals surface area contributed by atoms with Gasteiger partial charge >= 0.3 is 6.01 Å². The lowest BCUT2D eigenvalue weighted by molar-refractivity contribution is 0.107. The second-order valence-corrected chi connectivity index (χ2v) is 15.8. The number of nitrogens with one attached hydrogen (secondary N) is 1. The van der Waals surface area contributed by atoms with Crippen LogP contribution in [0.1, 0.15) is 36.9 Å². The van der Waals surface area contributed by atoms with Crippen molar-refractivity contribution in [3.8, 4) is 23.2 Å².